The van der Waals surface area contributed by atoms with Crippen LogP contribution in [-0.4, -0.2) is 30.2 Å². The summed E-state index contributed by atoms with van der Waals surface area (Å²) in [6, 6.07) is 6.55. The van der Waals surface area contributed by atoms with Gasteiger partial charge in [0.1, 0.15) is 12.0 Å². The summed E-state index contributed by atoms with van der Waals surface area (Å²) in [5, 5.41) is 9.67. The first-order valence-electron chi connectivity index (χ1n) is 12.4. The van der Waals surface area contributed by atoms with Gasteiger partial charge in [-0.05, 0) is 60.9 Å². The van der Waals surface area contributed by atoms with Gasteiger partial charge in [-0.3, -0.25) is 5.32 Å². The fourth-order valence-electron chi connectivity index (χ4n) is 4.95. The molecule has 0 radical (unpaired) electrons. The second kappa shape index (κ2) is 10.5. The number of ether oxygens (including phenoxy) is 1. The van der Waals surface area contributed by atoms with Gasteiger partial charge in [-0.1, -0.05) is 12.8 Å². The Hall–Kier alpha value is -3.25. The zero-order valence-electron chi connectivity index (χ0n) is 20.2. The summed E-state index contributed by atoms with van der Waals surface area (Å²) in [7, 11) is 0. The molecule has 12 heteroatoms. The number of pyridine rings is 1. The Morgan fingerprint density at radius 2 is 1.71 bits per heavy atom. The number of hydrogen-bond donors (Lipinski definition) is 3. The standard InChI is InChI=1S/C26H27F6N5O/c27-25(28,29)17-7-9-18(10-8-17)35-22-14-16-15-34-24(38-19-4-1-2-5-19)36-21(16)11-13-37(22)23-20(26(30,31)32)6-3-12-33-23/h3,6-13,19,22,24,34-36H,1-2,4-5,14-15H2. The minimum Gasteiger partial charge on any atom is -0.365 e. The lowest BCUT2D eigenvalue weighted by Gasteiger charge is -2.34. The molecule has 2 atom stereocenters. The quantitative estimate of drug-likeness (QED) is 0.407. The fourth-order valence-corrected chi connectivity index (χ4v) is 4.95. The third kappa shape index (κ3) is 5.91. The third-order valence-corrected chi connectivity index (χ3v) is 6.86. The molecule has 3 aliphatic rings. The zero-order chi connectivity index (χ0) is 26.9. The van der Waals surface area contributed by atoms with Crippen LogP contribution in [-0.2, 0) is 17.1 Å². The smallest absolute Gasteiger partial charge is 0.365 e. The van der Waals surface area contributed by atoms with E-state index in [2.05, 4.69) is 20.9 Å². The van der Waals surface area contributed by atoms with Gasteiger partial charge in [0, 0.05) is 36.7 Å². The number of nitrogens with one attached hydrogen (secondary N) is 3. The van der Waals surface area contributed by atoms with E-state index < -0.39 is 36.0 Å². The predicted molar refractivity (Wildman–Crippen MR) is 130 cm³/mol. The van der Waals surface area contributed by atoms with Crippen LogP contribution in [0.15, 0.2) is 66.1 Å². The monoisotopic (exact) mass is 539 g/mol. The molecule has 0 saturated heterocycles. The number of anilines is 2. The molecule has 5 rings (SSSR count). The molecule has 2 aliphatic heterocycles. The molecule has 1 aliphatic carbocycles. The van der Waals surface area contributed by atoms with E-state index in [1.807, 2.05) is 0 Å². The van der Waals surface area contributed by atoms with Gasteiger partial charge in [-0.2, -0.15) is 26.3 Å². The molecule has 204 valence electrons. The van der Waals surface area contributed by atoms with Gasteiger partial charge in [-0.15, -0.1) is 0 Å². The summed E-state index contributed by atoms with van der Waals surface area (Å²) in [5.41, 5.74) is 0.192. The molecule has 1 aromatic heterocycles. The van der Waals surface area contributed by atoms with Crippen LogP contribution in [0.5, 0.6) is 0 Å². The van der Waals surface area contributed by atoms with E-state index in [0.29, 0.717) is 12.2 Å². The maximum atomic E-state index is 13.9. The van der Waals surface area contributed by atoms with Crippen molar-refractivity contribution >= 4 is 11.5 Å². The number of benzene rings is 1. The molecule has 3 N–H and O–H groups in total. The second-order valence-corrected chi connectivity index (χ2v) is 9.50. The SMILES string of the molecule is FC(F)(F)c1ccc(NC2CC3=C(C=CN2c2ncccc2C(F)(F)F)NC(OC2CCCC2)NC3)cc1. The Labute approximate surface area is 215 Å². The van der Waals surface area contributed by atoms with Crippen LogP contribution in [0, 0.1) is 0 Å². The van der Waals surface area contributed by atoms with E-state index in [0.717, 1.165) is 55.2 Å². The topological polar surface area (TPSA) is 61.5 Å². The van der Waals surface area contributed by atoms with Crippen LogP contribution in [0.25, 0.3) is 0 Å². The molecule has 1 aromatic carbocycles. The number of nitrogens with zero attached hydrogens (tertiary/aromatic N) is 2. The van der Waals surface area contributed by atoms with Crippen molar-refractivity contribution in [2.45, 2.75) is 63.1 Å². The average molecular weight is 540 g/mol. The minimum absolute atomic E-state index is 0.144. The highest BCUT2D eigenvalue weighted by atomic mass is 19.4. The predicted octanol–water partition coefficient (Wildman–Crippen LogP) is 5.97. The van der Waals surface area contributed by atoms with E-state index >= 15 is 0 Å². The molecule has 0 amide bonds. The van der Waals surface area contributed by atoms with E-state index in [9.17, 15) is 26.3 Å². The van der Waals surface area contributed by atoms with Gasteiger partial charge in [0.15, 0.2) is 6.35 Å². The molecule has 38 heavy (non-hydrogen) atoms. The number of rotatable bonds is 5. The summed E-state index contributed by atoms with van der Waals surface area (Å²) in [6.45, 7) is 0.428. The maximum absolute atomic E-state index is 13.9. The van der Waals surface area contributed by atoms with Crippen molar-refractivity contribution in [2.75, 3.05) is 16.8 Å². The summed E-state index contributed by atoms with van der Waals surface area (Å²) < 4.78 is 86.9. The summed E-state index contributed by atoms with van der Waals surface area (Å²) in [6.07, 6.45) is -1.31. The Morgan fingerprint density at radius 1 is 0.974 bits per heavy atom. The molecule has 2 aromatic rings. The molecule has 1 saturated carbocycles. The fraction of sp³-hybridized carbons (Fsp3) is 0.423. The lowest BCUT2D eigenvalue weighted by molar-refractivity contribution is -0.138. The van der Waals surface area contributed by atoms with Crippen molar-refractivity contribution in [2.24, 2.45) is 0 Å². The van der Waals surface area contributed by atoms with Crippen molar-refractivity contribution in [3.63, 3.8) is 0 Å². The van der Waals surface area contributed by atoms with Gasteiger partial charge < -0.3 is 20.3 Å². The number of aromatic nitrogens is 1. The normalized spacial score (nSPS) is 22.7. The Bertz CT molecular complexity index is 1190. The zero-order valence-corrected chi connectivity index (χ0v) is 20.2. The van der Waals surface area contributed by atoms with Gasteiger partial charge >= 0.3 is 12.4 Å². The van der Waals surface area contributed by atoms with Crippen LogP contribution in [0.2, 0.25) is 0 Å². The molecule has 0 bridgehead atoms. The average Bonchev–Trinajstić information content (AvgIpc) is 3.31. The first kappa shape index (κ1) is 26.4. The lowest BCUT2D eigenvalue weighted by Crippen LogP contribution is -2.50. The van der Waals surface area contributed by atoms with Crippen LogP contribution >= 0.6 is 0 Å². The van der Waals surface area contributed by atoms with E-state index in [1.54, 1.807) is 6.08 Å². The Balaban J connectivity index is 1.45. The Kier molecular flexibility index (Phi) is 7.28. The van der Waals surface area contributed by atoms with Gasteiger partial charge in [0.25, 0.3) is 0 Å². The van der Waals surface area contributed by atoms with Gasteiger partial charge in [0.2, 0.25) is 0 Å². The van der Waals surface area contributed by atoms with Crippen molar-refractivity contribution in [1.82, 2.24) is 15.6 Å². The molecule has 6 nitrogen and oxygen atoms in total. The van der Waals surface area contributed by atoms with Crippen molar-refractivity contribution in [3.8, 4) is 0 Å². The number of allylic oxidation sites excluding steroid dienone is 1. The van der Waals surface area contributed by atoms with Gasteiger partial charge in [0.05, 0.1) is 17.2 Å². The highest BCUT2D eigenvalue weighted by molar-refractivity contribution is 5.57. The molecular weight excluding hydrogens is 512 g/mol. The molecule has 2 unspecified atom stereocenters. The largest absolute Gasteiger partial charge is 0.419 e. The van der Waals surface area contributed by atoms with Crippen LogP contribution in [0.4, 0.5) is 37.8 Å². The third-order valence-electron chi connectivity index (χ3n) is 6.86. The summed E-state index contributed by atoms with van der Waals surface area (Å²) >= 11 is 0. The summed E-state index contributed by atoms with van der Waals surface area (Å²) in [5.74, 6) is -0.313. The van der Waals surface area contributed by atoms with Crippen molar-refractivity contribution in [3.05, 3.63) is 77.3 Å². The van der Waals surface area contributed by atoms with Crippen molar-refractivity contribution < 1.29 is 31.1 Å². The molecule has 3 heterocycles. The first-order valence-corrected chi connectivity index (χ1v) is 12.4. The van der Waals surface area contributed by atoms with Crippen LogP contribution < -0.4 is 20.9 Å². The lowest BCUT2D eigenvalue weighted by atomic mass is 10.1. The number of alkyl halides is 6. The number of halogens is 6. The number of hydrogen-bond acceptors (Lipinski definition) is 6. The second-order valence-electron chi connectivity index (χ2n) is 9.50. The Morgan fingerprint density at radius 3 is 2.39 bits per heavy atom. The van der Waals surface area contributed by atoms with E-state index in [1.165, 1.54) is 35.5 Å². The van der Waals surface area contributed by atoms with Crippen LogP contribution in [0.1, 0.15) is 43.2 Å². The molecular formula is C26H27F6N5O. The molecule has 1 fully saturated rings. The minimum atomic E-state index is -4.66. The maximum Gasteiger partial charge on any atom is 0.419 e. The first-order chi connectivity index (χ1) is 18.1. The molecule has 0 spiro atoms. The highest BCUT2D eigenvalue weighted by Gasteiger charge is 2.38. The van der Waals surface area contributed by atoms with Crippen LogP contribution in [0.3, 0.4) is 0 Å². The van der Waals surface area contributed by atoms with E-state index in [4.69, 9.17) is 4.74 Å². The highest BCUT2D eigenvalue weighted by Crippen LogP contribution is 2.38. The van der Waals surface area contributed by atoms with Crippen molar-refractivity contribution in [1.29, 1.82) is 0 Å². The summed E-state index contributed by atoms with van der Waals surface area (Å²) in [4.78, 5) is 5.40. The van der Waals surface area contributed by atoms with E-state index in [-0.39, 0.29) is 18.3 Å². The van der Waals surface area contributed by atoms with Gasteiger partial charge in [-0.25, -0.2) is 4.98 Å².